The molecule has 1 saturated carbocycles. The molecule has 136 valence electrons. The number of carboxylic acid groups (broad SMARTS) is 1. The van der Waals surface area contributed by atoms with Crippen molar-refractivity contribution in [3.63, 3.8) is 0 Å². The van der Waals surface area contributed by atoms with E-state index < -0.39 is 42.0 Å². The summed E-state index contributed by atoms with van der Waals surface area (Å²) in [5, 5.41) is 11.2. The summed E-state index contributed by atoms with van der Waals surface area (Å²) in [5.41, 5.74) is 0. The first kappa shape index (κ1) is 18.5. The summed E-state index contributed by atoms with van der Waals surface area (Å²) in [4.78, 5) is 36.6. The maximum atomic E-state index is 12.7. The summed E-state index contributed by atoms with van der Waals surface area (Å²) in [6, 6.07) is -2.44. The van der Waals surface area contributed by atoms with Gasteiger partial charge in [0.25, 0.3) is 0 Å². The van der Waals surface area contributed by atoms with Gasteiger partial charge in [0.1, 0.15) is 12.1 Å². The van der Waals surface area contributed by atoms with Gasteiger partial charge in [0.05, 0.1) is 0 Å². The molecule has 1 saturated heterocycles. The monoisotopic (exact) mass is 350 g/mol. The lowest BCUT2D eigenvalue weighted by Gasteiger charge is -2.30. The van der Waals surface area contributed by atoms with Crippen LogP contribution in [0.3, 0.4) is 0 Å². The zero-order chi connectivity index (χ0) is 18.2. The number of nitrogens with zero attached hydrogens (tertiary/aromatic N) is 1. The molecule has 2 aliphatic rings. The number of fused-ring (bicyclic) bond motifs is 1. The van der Waals surface area contributed by atoms with Crippen LogP contribution >= 0.6 is 0 Å². The number of aliphatic carboxylic acids is 1. The highest BCUT2D eigenvalue weighted by molar-refractivity contribution is 5.92. The number of halogens is 3. The number of rotatable bonds is 4. The normalized spacial score (nSPS) is 27.9. The van der Waals surface area contributed by atoms with Crippen LogP contribution in [0.25, 0.3) is 0 Å². The van der Waals surface area contributed by atoms with E-state index in [9.17, 15) is 32.7 Å². The van der Waals surface area contributed by atoms with Crippen LogP contribution in [-0.4, -0.2) is 52.6 Å². The minimum Gasteiger partial charge on any atom is -0.480 e. The first-order chi connectivity index (χ1) is 11.0. The highest BCUT2D eigenvalue weighted by atomic mass is 19.4. The van der Waals surface area contributed by atoms with Gasteiger partial charge in [-0.05, 0) is 30.6 Å². The Bertz CT molecular complexity index is 535. The highest BCUT2D eigenvalue weighted by Gasteiger charge is 2.51. The quantitative estimate of drug-likeness (QED) is 0.802. The molecule has 0 unspecified atom stereocenters. The molecular weight excluding hydrogens is 329 g/mol. The van der Waals surface area contributed by atoms with Crippen LogP contribution in [-0.2, 0) is 14.4 Å². The zero-order valence-corrected chi connectivity index (χ0v) is 13.5. The Morgan fingerprint density at radius 1 is 1.21 bits per heavy atom. The molecule has 2 rings (SSSR count). The molecule has 0 bridgehead atoms. The van der Waals surface area contributed by atoms with E-state index in [1.54, 1.807) is 5.32 Å². The maximum Gasteiger partial charge on any atom is 0.471 e. The Morgan fingerprint density at radius 3 is 2.33 bits per heavy atom. The largest absolute Gasteiger partial charge is 0.480 e. The fourth-order valence-corrected chi connectivity index (χ4v) is 3.76. The first-order valence-electron chi connectivity index (χ1n) is 7.95. The Balaban J connectivity index is 2.20. The predicted molar refractivity (Wildman–Crippen MR) is 76.8 cm³/mol. The van der Waals surface area contributed by atoms with E-state index in [2.05, 4.69) is 0 Å². The van der Waals surface area contributed by atoms with E-state index in [0.29, 0.717) is 6.42 Å². The van der Waals surface area contributed by atoms with E-state index >= 15 is 0 Å². The fraction of sp³-hybridized carbons (Fsp3) is 0.800. The summed E-state index contributed by atoms with van der Waals surface area (Å²) in [7, 11) is 0. The van der Waals surface area contributed by atoms with Crippen LogP contribution in [0.5, 0.6) is 0 Å². The number of carboxylic acids is 1. The molecule has 1 aliphatic heterocycles. The molecule has 0 radical (unpaired) electrons. The smallest absolute Gasteiger partial charge is 0.471 e. The minimum absolute atomic E-state index is 0.0566. The van der Waals surface area contributed by atoms with E-state index in [-0.39, 0.29) is 18.4 Å². The van der Waals surface area contributed by atoms with Crippen LogP contribution in [0.2, 0.25) is 0 Å². The van der Waals surface area contributed by atoms with E-state index in [4.69, 9.17) is 0 Å². The van der Waals surface area contributed by atoms with Gasteiger partial charge in [0.2, 0.25) is 5.91 Å². The topological polar surface area (TPSA) is 86.7 Å². The van der Waals surface area contributed by atoms with Gasteiger partial charge in [-0.15, -0.1) is 0 Å². The van der Waals surface area contributed by atoms with Crippen LogP contribution in [0.4, 0.5) is 13.2 Å². The molecule has 2 fully saturated rings. The van der Waals surface area contributed by atoms with Crippen molar-refractivity contribution < 1.29 is 32.7 Å². The lowest BCUT2D eigenvalue weighted by atomic mass is 9.94. The summed E-state index contributed by atoms with van der Waals surface area (Å²) in [6.45, 7) is 3.23. The number of alkyl halides is 3. The number of hydrogen-bond acceptors (Lipinski definition) is 3. The first-order valence-corrected chi connectivity index (χ1v) is 7.95. The molecule has 0 aromatic rings. The van der Waals surface area contributed by atoms with Crippen molar-refractivity contribution in [1.82, 2.24) is 10.2 Å². The van der Waals surface area contributed by atoms with Crippen LogP contribution < -0.4 is 5.32 Å². The second kappa shape index (κ2) is 6.60. The van der Waals surface area contributed by atoms with Gasteiger partial charge in [-0.25, -0.2) is 4.79 Å². The molecule has 1 aliphatic carbocycles. The lowest BCUT2D eigenvalue weighted by molar-refractivity contribution is -0.175. The van der Waals surface area contributed by atoms with Gasteiger partial charge in [-0.2, -0.15) is 13.2 Å². The molecule has 2 N–H and O–H groups in total. The number of nitrogens with one attached hydrogen (secondary N) is 1. The second-order valence-electron chi connectivity index (χ2n) is 6.82. The molecule has 0 spiro atoms. The molecule has 6 nitrogen and oxygen atoms in total. The third-order valence-electron chi connectivity index (χ3n) is 4.90. The summed E-state index contributed by atoms with van der Waals surface area (Å²) in [6.07, 6.45) is -2.72. The Hall–Kier alpha value is -1.80. The standard InChI is InChI=1S/C15H21F3N2O4/c1-7(2)10(19-14(24)15(16,17)18)12(21)20-6-8-4-3-5-9(8)11(20)13(22)23/h7-11H,3-6H2,1-2H3,(H,19,24)(H,22,23)/t8-,9-,10-,11-/m0/s1. The number of hydrogen-bond donors (Lipinski definition) is 2. The van der Waals surface area contributed by atoms with Gasteiger partial charge in [0.15, 0.2) is 0 Å². The molecular formula is C15H21F3N2O4. The molecule has 24 heavy (non-hydrogen) atoms. The maximum absolute atomic E-state index is 12.7. The van der Waals surface area contributed by atoms with Gasteiger partial charge in [-0.1, -0.05) is 20.3 Å². The van der Waals surface area contributed by atoms with Gasteiger partial charge in [-0.3, -0.25) is 9.59 Å². The van der Waals surface area contributed by atoms with Crippen LogP contribution in [0, 0.1) is 17.8 Å². The number of amides is 2. The minimum atomic E-state index is -5.10. The Morgan fingerprint density at radius 2 is 1.83 bits per heavy atom. The average Bonchev–Trinajstić information content (AvgIpc) is 3.01. The van der Waals surface area contributed by atoms with Gasteiger partial charge >= 0.3 is 18.1 Å². The van der Waals surface area contributed by atoms with Crippen LogP contribution in [0.15, 0.2) is 0 Å². The SMILES string of the molecule is CC(C)[C@H](NC(=O)C(F)(F)F)C(=O)N1C[C@@H]2CCC[C@@H]2[C@H]1C(=O)O. The third-order valence-corrected chi connectivity index (χ3v) is 4.90. The fourth-order valence-electron chi connectivity index (χ4n) is 3.76. The molecule has 2 amide bonds. The van der Waals surface area contributed by atoms with Crippen molar-refractivity contribution in [2.45, 2.75) is 51.4 Å². The van der Waals surface area contributed by atoms with E-state index in [0.717, 1.165) is 17.7 Å². The van der Waals surface area contributed by atoms with Crippen molar-refractivity contribution in [1.29, 1.82) is 0 Å². The number of carbonyl (C=O) groups excluding carboxylic acids is 2. The van der Waals surface area contributed by atoms with Crippen molar-refractivity contribution in [2.24, 2.45) is 17.8 Å². The Kier molecular flexibility index (Phi) is 5.10. The van der Waals surface area contributed by atoms with Gasteiger partial charge in [0, 0.05) is 6.54 Å². The van der Waals surface area contributed by atoms with E-state index in [1.165, 1.54) is 13.8 Å². The van der Waals surface area contributed by atoms with Crippen molar-refractivity contribution >= 4 is 17.8 Å². The summed E-state index contributed by atoms with van der Waals surface area (Å²) >= 11 is 0. The van der Waals surface area contributed by atoms with Gasteiger partial charge < -0.3 is 15.3 Å². The Labute approximate surface area is 137 Å². The summed E-state index contributed by atoms with van der Waals surface area (Å²) in [5.74, 6) is -4.81. The van der Waals surface area contributed by atoms with Crippen molar-refractivity contribution in [3.05, 3.63) is 0 Å². The molecule has 0 aromatic carbocycles. The highest BCUT2D eigenvalue weighted by Crippen LogP contribution is 2.42. The number of likely N-dealkylation sites (tertiary alicyclic amines) is 1. The van der Waals surface area contributed by atoms with Crippen molar-refractivity contribution in [2.75, 3.05) is 6.54 Å². The lowest BCUT2D eigenvalue weighted by Crippen LogP contribution is -2.56. The second-order valence-corrected chi connectivity index (χ2v) is 6.82. The summed E-state index contributed by atoms with van der Waals surface area (Å²) < 4.78 is 37.4. The molecule has 0 aromatic heterocycles. The average molecular weight is 350 g/mol. The predicted octanol–water partition coefficient (Wildman–Crippen LogP) is 1.40. The molecule has 4 atom stereocenters. The zero-order valence-electron chi connectivity index (χ0n) is 13.5. The van der Waals surface area contributed by atoms with E-state index in [1.807, 2.05) is 0 Å². The van der Waals surface area contributed by atoms with Crippen molar-refractivity contribution in [3.8, 4) is 0 Å². The number of carbonyl (C=O) groups is 3. The molecule has 9 heteroatoms. The molecule has 1 heterocycles. The third kappa shape index (κ3) is 3.49. The van der Waals surface area contributed by atoms with Crippen LogP contribution in [0.1, 0.15) is 33.1 Å².